The number of carbonyl (C=O) groups excluding carboxylic acids is 1. The third kappa shape index (κ3) is 3.60. The van der Waals surface area contributed by atoms with Crippen molar-refractivity contribution < 1.29 is 9.53 Å². The summed E-state index contributed by atoms with van der Waals surface area (Å²) in [6.07, 6.45) is 3.66. The monoisotopic (exact) mass is 371 g/mol. The maximum absolute atomic E-state index is 13.0. The number of imidazole rings is 1. The summed E-state index contributed by atoms with van der Waals surface area (Å²) in [4.78, 5) is 17.4. The molecule has 2 heterocycles. The average molecular weight is 371 g/mol. The minimum atomic E-state index is -0.286. The molecule has 1 N–H and O–H groups in total. The van der Waals surface area contributed by atoms with E-state index in [1.54, 1.807) is 13.3 Å². The van der Waals surface area contributed by atoms with Crippen LogP contribution in [0.2, 0.25) is 0 Å². The normalized spacial score (nSPS) is 11.9. The van der Waals surface area contributed by atoms with Gasteiger partial charge in [0, 0.05) is 12.4 Å². The fourth-order valence-corrected chi connectivity index (χ4v) is 3.20. The van der Waals surface area contributed by atoms with Crippen molar-refractivity contribution in [1.82, 2.24) is 14.7 Å². The zero-order chi connectivity index (χ0) is 19.5. The van der Waals surface area contributed by atoms with E-state index in [1.165, 1.54) is 0 Å². The van der Waals surface area contributed by atoms with E-state index in [9.17, 15) is 4.79 Å². The highest BCUT2D eigenvalue weighted by molar-refractivity contribution is 5.93. The van der Waals surface area contributed by atoms with Crippen LogP contribution < -0.4 is 10.1 Å². The number of hydrogen-bond acceptors (Lipinski definition) is 3. The van der Waals surface area contributed by atoms with E-state index in [2.05, 4.69) is 10.3 Å². The quantitative estimate of drug-likeness (QED) is 0.573. The van der Waals surface area contributed by atoms with Crippen molar-refractivity contribution in [3.63, 3.8) is 0 Å². The molecule has 0 aliphatic heterocycles. The molecule has 140 valence electrons. The molecule has 28 heavy (non-hydrogen) atoms. The molecule has 2 aromatic carbocycles. The number of benzene rings is 2. The minimum absolute atomic E-state index is 0.217. The molecule has 4 rings (SSSR count). The van der Waals surface area contributed by atoms with Crippen molar-refractivity contribution in [2.24, 2.45) is 0 Å². The lowest BCUT2D eigenvalue weighted by atomic mass is 9.98. The van der Waals surface area contributed by atoms with Gasteiger partial charge in [-0.15, -0.1) is 0 Å². The summed E-state index contributed by atoms with van der Waals surface area (Å²) in [5, 5.41) is 3.12. The third-order valence-electron chi connectivity index (χ3n) is 4.71. The van der Waals surface area contributed by atoms with E-state index in [0.29, 0.717) is 5.69 Å². The number of carbonyl (C=O) groups is 1. The fourth-order valence-electron chi connectivity index (χ4n) is 3.20. The Kier molecular flexibility index (Phi) is 4.81. The van der Waals surface area contributed by atoms with Crippen LogP contribution in [0.5, 0.6) is 5.75 Å². The van der Waals surface area contributed by atoms with Crippen molar-refractivity contribution in [2.75, 3.05) is 7.11 Å². The molecule has 0 radical (unpaired) electrons. The lowest BCUT2D eigenvalue weighted by molar-refractivity contribution is 0.0938. The number of fused-ring (bicyclic) bond motifs is 1. The number of aromatic nitrogens is 2. The van der Waals surface area contributed by atoms with E-state index in [-0.39, 0.29) is 11.9 Å². The van der Waals surface area contributed by atoms with Gasteiger partial charge in [0.15, 0.2) is 0 Å². The number of nitrogens with zero attached hydrogens (tertiary/aromatic N) is 2. The summed E-state index contributed by atoms with van der Waals surface area (Å²) in [6, 6.07) is 21.3. The van der Waals surface area contributed by atoms with Crippen LogP contribution in [0.4, 0.5) is 0 Å². The van der Waals surface area contributed by atoms with Crippen LogP contribution in [0.3, 0.4) is 0 Å². The first-order chi connectivity index (χ1) is 13.6. The van der Waals surface area contributed by atoms with Gasteiger partial charge < -0.3 is 14.5 Å². The molecule has 1 atom stereocenters. The largest absolute Gasteiger partial charge is 0.497 e. The van der Waals surface area contributed by atoms with Gasteiger partial charge in [-0.05, 0) is 47.9 Å². The van der Waals surface area contributed by atoms with E-state index in [4.69, 9.17) is 4.74 Å². The van der Waals surface area contributed by atoms with Gasteiger partial charge in [0.05, 0.1) is 13.2 Å². The summed E-state index contributed by atoms with van der Waals surface area (Å²) >= 11 is 0. The zero-order valence-electron chi connectivity index (χ0n) is 15.8. The average Bonchev–Trinajstić information content (AvgIpc) is 3.16. The fraction of sp³-hybridized carbons (Fsp3) is 0.130. The Labute approximate surface area is 163 Å². The second-order valence-electron chi connectivity index (χ2n) is 6.69. The molecule has 0 fully saturated rings. The van der Waals surface area contributed by atoms with Crippen LogP contribution >= 0.6 is 0 Å². The van der Waals surface area contributed by atoms with Gasteiger partial charge in [0.25, 0.3) is 5.91 Å². The highest BCUT2D eigenvalue weighted by atomic mass is 16.5. The van der Waals surface area contributed by atoms with Crippen LogP contribution in [0.25, 0.3) is 5.65 Å². The van der Waals surface area contributed by atoms with Crippen molar-refractivity contribution >= 4 is 11.6 Å². The highest BCUT2D eigenvalue weighted by Gasteiger charge is 2.19. The lowest BCUT2D eigenvalue weighted by Gasteiger charge is -2.19. The van der Waals surface area contributed by atoms with Crippen molar-refractivity contribution in [1.29, 1.82) is 0 Å². The maximum atomic E-state index is 13.0. The van der Waals surface area contributed by atoms with E-state index >= 15 is 0 Å². The smallest absolute Gasteiger partial charge is 0.272 e. The van der Waals surface area contributed by atoms with Crippen LogP contribution in [0, 0.1) is 6.92 Å². The predicted molar refractivity (Wildman–Crippen MR) is 109 cm³/mol. The number of methoxy groups -OCH3 is 1. The number of amides is 1. The molecule has 0 saturated heterocycles. The summed E-state index contributed by atoms with van der Waals surface area (Å²) in [7, 11) is 1.64. The molecule has 1 amide bonds. The van der Waals surface area contributed by atoms with Gasteiger partial charge in [-0.3, -0.25) is 4.79 Å². The van der Waals surface area contributed by atoms with Gasteiger partial charge in [0.1, 0.15) is 17.1 Å². The number of hydrogen-bond donors (Lipinski definition) is 1. The molecule has 0 bridgehead atoms. The van der Waals surface area contributed by atoms with Gasteiger partial charge in [-0.2, -0.15) is 0 Å². The summed E-state index contributed by atoms with van der Waals surface area (Å²) < 4.78 is 7.10. The van der Waals surface area contributed by atoms with E-state index in [0.717, 1.165) is 28.1 Å². The second kappa shape index (κ2) is 7.56. The van der Waals surface area contributed by atoms with Gasteiger partial charge in [-0.25, -0.2) is 4.98 Å². The molecule has 0 unspecified atom stereocenters. The number of ether oxygens (including phenoxy) is 1. The number of nitrogens with one attached hydrogen (secondary N) is 1. The number of pyridine rings is 1. The van der Waals surface area contributed by atoms with Gasteiger partial charge >= 0.3 is 0 Å². The van der Waals surface area contributed by atoms with Crippen LogP contribution in [0.15, 0.2) is 79.1 Å². The molecule has 2 aromatic heterocycles. The molecular weight excluding hydrogens is 350 g/mol. The molecule has 0 aliphatic rings. The van der Waals surface area contributed by atoms with E-state index < -0.39 is 0 Å². The van der Waals surface area contributed by atoms with Crippen molar-refractivity contribution in [3.05, 3.63) is 102 Å². The first-order valence-corrected chi connectivity index (χ1v) is 9.09. The highest BCUT2D eigenvalue weighted by Crippen LogP contribution is 2.24. The van der Waals surface area contributed by atoms with Crippen LogP contribution in [0.1, 0.15) is 33.2 Å². The van der Waals surface area contributed by atoms with Gasteiger partial charge in [-0.1, -0.05) is 42.5 Å². The first kappa shape index (κ1) is 17.8. The molecular formula is C23H21N3O2. The minimum Gasteiger partial charge on any atom is -0.497 e. The van der Waals surface area contributed by atoms with Crippen LogP contribution in [-0.2, 0) is 0 Å². The Morgan fingerprint density at radius 1 is 1.04 bits per heavy atom. The Balaban J connectivity index is 1.66. The third-order valence-corrected chi connectivity index (χ3v) is 4.71. The Hall–Kier alpha value is -3.60. The van der Waals surface area contributed by atoms with Crippen LogP contribution in [-0.4, -0.2) is 22.4 Å². The SMILES string of the molecule is COc1ccc([C@H](NC(=O)c2cn3ccc(C)cc3n2)c2ccccc2)cc1. The predicted octanol–water partition coefficient (Wildman–Crippen LogP) is 4.17. The zero-order valence-corrected chi connectivity index (χ0v) is 15.8. The molecule has 4 aromatic rings. The molecule has 5 heteroatoms. The Morgan fingerprint density at radius 3 is 2.46 bits per heavy atom. The standard InChI is InChI=1S/C23H21N3O2/c1-16-12-13-26-15-20(24-21(26)14-16)23(27)25-22(17-6-4-3-5-7-17)18-8-10-19(28-2)11-9-18/h3-15,22H,1-2H3,(H,25,27)/t22-/m1/s1. The number of rotatable bonds is 5. The summed E-state index contributed by atoms with van der Waals surface area (Å²) in [6.45, 7) is 2.00. The summed E-state index contributed by atoms with van der Waals surface area (Å²) in [5.41, 5.74) is 4.22. The summed E-state index contributed by atoms with van der Waals surface area (Å²) in [5.74, 6) is 0.559. The molecule has 5 nitrogen and oxygen atoms in total. The van der Waals surface area contributed by atoms with Crippen molar-refractivity contribution in [2.45, 2.75) is 13.0 Å². The number of aryl methyl sites for hydroxylation is 1. The Bertz CT molecular complexity index is 1100. The molecule has 0 saturated carbocycles. The van der Waals surface area contributed by atoms with Crippen molar-refractivity contribution in [3.8, 4) is 5.75 Å². The maximum Gasteiger partial charge on any atom is 0.272 e. The topological polar surface area (TPSA) is 55.6 Å². The molecule has 0 aliphatic carbocycles. The first-order valence-electron chi connectivity index (χ1n) is 9.09. The second-order valence-corrected chi connectivity index (χ2v) is 6.69. The Morgan fingerprint density at radius 2 is 1.75 bits per heavy atom. The van der Waals surface area contributed by atoms with Gasteiger partial charge in [0.2, 0.25) is 0 Å². The molecule has 0 spiro atoms. The van der Waals surface area contributed by atoms with E-state index in [1.807, 2.05) is 84.3 Å². The lowest BCUT2D eigenvalue weighted by Crippen LogP contribution is -2.29.